The number of nitrogens with one attached hydrogen (secondary N) is 1. The van der Waals surface area contributed by atoms with Crippen molar-refractivity contribution in [2.24, 2.45) is 0 Å². The van der Waals surface area contributed by atoms with Crippen LogP contribution in [0.2, 0.25) is 0 Å². The van der Waals surface area contributed by atoms with Crippen molar-refractivity contribution in [3.63, 3.8) is 0 Å². The highest BCUT2D eigenvalue weighted by Gasteiger charge is 2.34. The molecule has 7 nitrogen and oxygen atoms in total. The molecule has 0 radical (unpaired) electrons. The van der Waals surface area contributed by atoms with Crippen LogP contribution in [-0.4, -0.2) is 26.8 Å². The molecule has 1 heterocycles. The minimum Gasteiger partial charge on any atom is -0.481 e. The second-order valence-electron chi connectivity index (χ2n) is 8.28. The molecule has 0 aliphatic rings. The molecule has 1 aromatic heterocycles. The van der Waals surface area contributed by atoms with Crippen LogP contribution in [0.1, 0.15) is 41.3 Å². The number of aliphatic carboxylic acids is 1. The Hall–Kier alpha value is -3.73. The highest BCUT2D eigenvalue weighted by atomic mass is 19.4. The van der Waals surface area contributed by atoms with Gasteiger partial charge in [-0.3, -0.25) is 18.7 Å². The lowest BCUT2D eigenvalue weighted by Gasteiger charge is -2.22. The van der Waals surface area contributed by atoms with Crippen molar-refractivity contribution in [1.29, 1.82) is 0 Å². The smallest absolute Gasteiger partial charge is 0.416 e. The topological polar surface area (TPSA) is 93.3 Å². The van der Waals surface area contributed by atoms with Crippen LogP contribution in [0.15, 0.2) is 64.2 Å². The fourth-order valence-corrected chi connectivity index (χ4v) is 3.90. The molecule has 2 N–H and O–H groups in total. The van der Waals surface area contributed by atoms with E-state index in [9.17, 15) is 31.9 Å². The summed E-state index contributed by atoms with van der Waals surface area (Å²) < 4.78 is 56.7. The maximum absolute atomic E-state index is 14.4. The highest BCUT2D eigenvalue weighted by molar-refractivity contribution is 5.66. The quantitative estimate of drug-likeness (QED) is 0.322. The van der Waals surface area contributed by atoms with Crippen LogP contribution in [0.25, 0.3) is 0 Å². The van der Waals surface area contributed by atoms with E-state index in [2.05, 4.69) is 5.32 Å². The second kappa shape index (κ2) is 11.3. The molecule has 0 unspecified atom stereocenters. The number of hydrogen-bond acceptors (Lipinski definition) is 4. The third-order valence-electron chi connectivity index (χ3n) is 5.75. The minimum absolute atomic E-state index is 0.0734. The second-order valence-corrected chi connectivity index (χ2v) is 8.28. The third kappa shape index (κ3) is 6.48. The molecule has 3 aromatic rings. The number of hydrogen-bond donors (Lipinski definition) is 2. The van der Waals surface area contributed by atoms with Gasteiger partial charge in [0.2, 0.25) is 0 Å². The van der Waals surface area contributed by atoms with E-state index in [-0.39, 0.29) is 25.2 Å². The number of benzene rings is 2. The fourth-order valence-electron chi connectivity index (χ4n) is 3.90. The summed E-state index contributed by atoms with van der Waals surface area (Å²) in [5.74, 6) is -2.08. The van der Waals surface area contributed by atoms with E-state index < -0.39 is 52.9 Å². The van der Waals surface area contributed by atoms with Crippen molar-refractivity contribution in [3.05, 3.63) is 104 Å². The Morgan fingerprint density at radius 2 is 1.75 bits per heavy atom. The zero-order chi connectivity index (χ0) is 26.5. The number of nitrogens with zero attached hydrogens (tertiary/aromatic N) is 2. The molecule has 36 heavy (non-hydrogen) atoms. The van der Waals surface area contributed by atoms with E-state index >= 15 is 0 Å². The molecule has 2 aromatic carbocycles. The molecule has 0 bridgehead atoms. The van der Waals surface area contributed by atoms with Crippen molar-refractivity contribution < 1.29 is 27.5 Å². The first-order valence-corrected chi connectivity index (χ1v) is 11.1. The Bertz CT molecular complexity index is 1330. The van der Waals surface area contributed by atoms with Crippen molar-refractivity contribution in [1.82, 2.24) is 14.5 Å². The van der Waals surface area contributed by atoms with Gasteiger partial charge >= 0.3 is 17.8 Å². The van der Waals surface area contributed by atoms with Gasteiger partial charge in [0.25, 0.3) is 5.56 Å². The molecule has 0 saturated heterocycles. The number of halogens is 4. The summed E-state index contributed by atoms with van der Waals surface area (Å²) in [4.78, 5) is 36.8. The maximum atomic E-state index is 14.4. The zero-order valence-corrected chi connectivity index (χ0v) is 19.4. The van der Waals surface area contributed by atoms with Crippen molar-refractivity contribution >= 4 is 5.97 Å². The van der Waals surface area contributed by atoms with E-state index in [0.717, 1.165) is 39.0 Å². The van der Waals surface area contributed by atoms with Gasteiger partial charge in [-0.2, -0.15) is 13.2 Å². The normalized spacial score (nSPS) is 12.5. The molecule has 0 amide bonds. The molecular formula is C25H25F4N3O4. The number of rotatable bonds is 10. The van der Waals surface area contributed by atoms with E-state index in [1.54, 1.807) is 30.3 Å². The molecule has 192 valence electrons. The van der Waals surface area contributed by atoms with Crippen LogP contribution in [-0.2, 0) is 24.1 Å². The number of carbonyl (C=O) groups is 1. The first kappa shape index (κ1) is 26.9. The fraction of sp³-hybridized carbons (Fsp3) is 0.320. The number of alkyl halides is 3. The SMILES string of the molecule is Cc1cc(=O)n(C[C@H](NCCCC(=O)O)c2ccccc2)c(=O)n1Cc1c(F)cccc1C(F)(F)F. The summed E-state index contributed by atoms with van der Waals surface area (Å²) in [6.45, 7) is 0.790. The molecule has 0 aliphatic carbocycles. The van der Waals surface area contributed by atoms with Gasteiger partial charge in [0.15, 0.2) is 0 Å². The molecule has 0 fully saturated rings. The summed E-state index contributed by atoms with van der Waals surface area (Å²) in [5, 5.41) is 12.0. The lowest BCUT2D eigenvalue weighted by atomic mass is 10.1. The lowest BCUT2D eigenvalue weighted by Crippen LogP contribution is -2.43. The van der Waals surface area contributed by atoms with Crippen molar-refractivity contribution in [2.45, 2.75) is 45.1 Å². The van der Waals surface area contributed by atoms with Crippen molar-refractivity contribution in [3.8, 4) is 0 Å². The van der Waals surface area contributed by atoms with Gasteiger partial charge in [-0.1, -0.05) is 36.4 Å². The number of aryl methyl sites for hydroxylation is 1. The predicted octanol–water partition coefficient (Wildman–Crippen LogP) is 3.72. The maximum Gasteiger partial charge on any atom is 0.416 e. The average molecular weight is 507 g/mol. The van der Waals surface area contributed by atoms with Crippen LogP contribution >= 0.6 is 0 Å². The van der Waals surface area contributed by atoms with Crippen molar-refractivity contribution in [2.75, 3.05) is 6.54 Å². The van der Waals surface area contributed by atoms with Crippen LogP contribution in [0.3, 0.4) is 0 Å². The first-order valence-electron chi connectivity index (χ1n) is 11.1. The average Bonchev–Trinajstić information content (AvgIpc) is 2.81. The Balaban J connectivity index is 2.00. The monoisotopic (exact) mass is 507 g/mol. The zero-order valence-electron chi connectivity index (χ0n) is 19.4. The Morgan fingerprint density at radius 3 is 2.39 bits per heavy atom. The third-order valence-corrected chi connectivity index (χ3v) is 5.75. The van der Waals surface area contributed by atoms with E-state index in [1.165, 1.54) is 6.92 Å². The standard InChI is InChI=1S/C25H25F4N3O4/c1-16-13-22(33)32(15-21(17-7-3-2-4-8-17)30-12-6-11-23(34)35)24(36)31(16)14-18-19(25(27,28)29)9-5-10-20(18)26/h2-5,7-10,13,21,30H,6,11-12,14-15H2,1H3,(H,34,35)/t21-/m0/s1. The van der Waals surface area contributed by atoms with E-state index in [1.807, 2.05) is 0 Å². The molecule has 0 saturated carbocycles. The number of carboxylic acid groups (broad SMARTS) is 1. The van der Waals surface area contributed by atoms with Gasteiger partial charge in [0.05, 0.1) is 24.7 Å². The summed E-state index contributed by atoms with van der Waals surface area (Å²) in [5.41, 5.74) is -2.64. The molecule has 1 atom stereocenters. The van der Waals surface area contributed by atoms with Crippen LogP contribution < -0.4 is 16.6 Å². The van der Waals surface area contributed by atoms with Crippen LogP contribution in [0, 0.1) is 12.7 Å². The summed E-state index contributed by atoms with van der Waals surface area (Å²) in [6.07, 6.45) is -4.60. The molecule has 11 heteroatoms. The Labute approximate surface area is 203 Å². The first-order chi connectivity index (χ1) is 17.0. The summed E-state index contributed by atoms with van der Waals surface area (Å²) in [6, 6.07) is 11.9. The Morgan fingerprint density at radius 1 is 1.06 bits per heavy atom. The Kier molecular flexibility index (Phi) is 8.46. The predicted molar refractivity (Wildman–Crippen MR) is 124 cm³/mol. The minimum atomic E-state index is -4.83. The van der Waals surface area contributed by atoms with Crippen LogP contribution in [0.5, 0.6) is 0 Å². The van der Waals surface area contributed by atoms with Gasteiger partial charge in [-0.05, 0) is 37.6 Å². The molecule has 0 spiro atoms. The van der Waals surface area contributed by atoms with Gasteiger partial charge in [0, 0.05) is 23.7 Å². The molecule has 3 rings (SSSR count). The molecular weight excluding hydrogens is 482 g/mol. The number of carboxylic acids is 1. The van der Waals surface area contributed by atoms with Crippen LogP contribution in [0.4, 0.5) is 17.6 Å². The van der Waals surface area contributed by atoms with Gasteiger partial charge in [0.1, 0.15) is 5.82 Å². The summed E-state index contributed by atoms with van der Waals surface area (Å²) >= 11 is 0. The van der Waals surface area contributed by atoms with Gasteiger partial charge < -0.3 is 10.4 Å². The summed E-state index contributed by atoms with van der Waals surface area (Å²) in [7, 11) is 0. The van der Waals surface area contributed by atoms with Gasteiger partial charge in [-0.25, -0.2) is 9.18 Å². The van der Waals surface area contributed by atoms with Gasteiger partial charge in [-0.15, -0.1) is 0 Å². The highest BCUT2D eigenvalue weighted by Crippen LogP contribution is 2.33. The molecule has 0 aliphatic heterocycles. The van der Waals surface area contributed by atoms with E-state index in [0.29, 0.717) is 6.42 Å². The number of aromatic nitrogens is 2. The largest absolute Gasteiger partial charge is 0.481 e. The van der Waals surface area contributed by atoms with E-state index in [4.69, 9.17) is 5.11 Å². The lowest BCUT2D eigenvalue weighted by molar-refractivity contribution is -0.138.